The van der Waals surface area contributed by atoms with E-state index in [2.05, 4.69) is 31.9 Å². The highest BCUT2D eigenvalue weighted by atomic mass is 32.1. The molecule has 0 radical (unpaired) electrons. The molecule has 0 unspecified atom stereocenters. The van der Waals surface area contributed by atoms with E-state index in [1.807, 2.05) is 31.4 Å². The number of amides is 1. The zero-order valence-corrected chi connectivity index (χ0v) is 17.9. The molecular formula is C21H20N4O2S2. The number of nitrogens with one attached hydrogen (secondary N) is 1. The summed E-state index contributed by atoms with van der Waals surface area (Å²) >= 11 is 3.26. The summed E-state index contributed by atoms with van der Waals surface area (Å²) in [7, 11) is 0. The van der Waals surface area contributed by atoms with Gasteiger partial charge in [0.15, 0.2) is 0 Å². The third kappa shape index (κ3) is 4.13. The van der Waals surface area contributed by atoms with E-state index in [9.17, 15) is 4.79 Å². The third-order valence-corrected chi connectivity index (χ3v) is 6.61. The van der Waals surface area contributed by atoms with Gasteiger partial charge in [0.1, 0.15) is 22.0 Å². The van der Waals surface area contributed by atoms with Gasteiger partial charge in [-0.2, -0.15) is 11.3 Å². The average Bonchev–Trinajstić information content (AvgIpc) is 3.43. The minimum atomic E-state index is -0.231. The number of carbonyl (C=O) groups excluding carboxylic acids is 1. The van der Waals surface area contributed by atoms with Crippen LogP contribution in [0.4, 0.5) is 0 Å². The lowest BCUT2D eigenvalue weighted by atomic mass is 10.1. The highest BCUT2D eigenvalue weighted by Crippen LogP contribution is 2.29. The summed E-state index contributed by atoms with van der Waals surface area (Å²) in [4.78, 5) is 23.2. The Morgan fingerprint density at radius 2 is 2.14 bits per heavy atom. The Hall–Kier alpha value is -2.84. The lowest BCUT2D eigenvalue weighted by Gasteiger charge is -2.16. The van der Waals surface area contributed by atoms with Crippen molar-refractivity contribution in [3.8, 4) is 11.3 Å². The molecule has 4 rings (SSSR count). The van der Waals surface area contributed by atoms with E-state index in [4.69, 9.17) is 4.52 Å². The monoisotopic (exact) mass is 424 g/mol. The second-order valence-corrected chi connectivity index (χ2v) is 8.77. The van der Waals surface area contributed by atoms with Gasteiger partial charge in [0.25, 0.3) is 5.91 Å². The first kappa shape index (κ1) is 19.5. The van der Waals surface area contributed by atoms with Gasteiger partial charge in [0.05, 0.1) is 11.7 Å². The zero-order chi connectivity index (χ0) is 20.4. The normalized spacial score (nSPS) is 12.1. The summed E-state index contributed by atoms with van der Waals surface area (Å²) in [6.07, 6.45) is 4.03. The number of rotatable bonds is 6. The molecule has 148 valence electrons. The van der Waals surface area contributed by atoms with Gasteiger partial charge in [-0.1, -0.05) is 5.16 Å². The first-order valence-electron chi connectivity index (χ1n) is 9.15. The van der Waals surface area contributed by atoms with Crippen LogP contribution >= 0.6 is 22.7 Å². The van der Waals surface area contributed by atoms with Crippen LogP contribution in [0.5, 0.6) is 0 Å². The maximum Gasteiger partial charge on any atom is 0.257 e. The number of hydrogen-bond donors (Lipinski definition) is 1. The summed E-state index contributed by atoms with van der Waals surface area (Å²) in [6, 6.07) is 5.51. The summed E-state index contributed by atoms with van der Waals surface area (Å²) in [5, 5.41) is 12.3. The molecule has 6 nitrogen and oxygen atoms in total. The summed E-state index contributed by atoms with van der Waals surface area (Å²) in [6.45, 7) is 5.78. The van der Waals surface area contributed by atoms with Crippen molar-refractivity contribution in [1.29, 1.82) is 0 Å². The second kappa shape index (κ2) is 8.26. The van der Waals surface area contributed by atoms with E-state index in [1.165, 1.54) is 5.56 Å². The van der Waals surface area contributed by atoms with E-state index in [1.54, 1.807) is 42.0 Å². The number of hydrogen-bond acceptors (Lipinski definition) is 7. The van der Waals surface area contributed by atoms with Gasteiger partial charge in [-0.05, 0) is 55.3 Å². The average molecular weight is 425 g/mol. The molecule has 1 atom stereocenters. The van der Waals surface area contributed by atoms with Crippen LogP contribution in [0.25, 0.3) is 11.3 Å². The summed E-state index contributed by atoms with van der Waals surface area (Å²) < 4.78 is 5.34. The third-order valence-electron chi connectivity index (χ3n) is 4.69. The maximum absolute atomic E-state index is 13.3. The molecule has 8 heteroatoms. The van der Waals surface area contributed by atoms with Crippen LogP contribution in [0, 0.1) is 20.8 Å². The van der Waals surface area contributed by atoms with Crippen molar-refractivity contribution < 1.29 is 9.32 Å². The van der Waals surface area contributed by atoms with Gasteiger partial charge in [-0.25, -0.2) is 4.98 Å². The highest BCUT2D eigenvalue weighted by molar-refractivity contribution is 7.11. The number of pyridine rings is 1. The van der Waals surface area contributed by atoms with Crippen LogP contribution in [0.1, 0.15) is 43.3 Å². The molecule has 0 saturated carbocycles. The smallest absolute Gasteiger partial charge is 0.257 e. The van der Waals surface area contributed by atoms with Crippen LogP contribution in [-0.4, -0.2) is 21.0 Å². The molecule has 1 amide bonds. The topological polar surface area (TPSA) is 80.9 Å². The molecule has 0 aliphatic rings. The number of thiazole rings is 1. The molecule has 0 aliphatic carbocycles. The Bertz CT molecular complexity index is 1100. The quantitative estimate of drug-likeness (QED) is 0.476. The lowest BCUT2D eigenvalue weighted by Crippen LogP contribution is -2.30. The Kier molecular flexibility index (Phi) is 5.55. The van der Waals surface area contributed by atoms with Gasteiger partial charge in [-0.15, -0.1) is 11.3 Å². The highest BCUT2D eigenvalue weighted by Gasteiger charge is 2.26. The van der Waals surface area contributed by atoms with Crippen LogP contribution in [0.2, 0.25) is 0 Å². The largest absolute Gasteiger partial charge is 0.360 e. The molecule has 29 heavy (non-hydrogen) atoms. The van der Waals surface area contributed by atoms with E-state index >= 15 is 0 Å². The van der Waals surface area contributed by atoms with Gasteiger partial charge in [-0.3, -0.25) is 9.78 Å². The van der Waals surface area contributed by atoms with Crippen LogP contribution < -0.4 is 5.32 Å². The number of carbonyl (C=O) groups is 1. The second-order valence-electron chi connectivity index (χ2n) is 6.76. The molecule has 0 spiro atoms. The van der Waals surface area contributed by atoms with Gasteiger partial charge in [0, 0.05) is 29.3 Å². The fraction of sp³-hybridized carbons (Fsp3) is 0.238. The van der Waals surface area contributed by atoms with Gasteiger partial charge in [0.2, 0.25) is 0 Å². The van der Waals surface area contributed by atoms with E-state index < -0.39 is 0 Å². The first-order valence-corrected chi connectivity index (χ1v) is 10.9. The molecular weight excluding hydrogens is 404 g/mol. The molecule has 0 fully saturated rings. The van der Waals surface area contributed by atoms with Crippen molar-refractivity contribution in [3.05, 3.63) is 73.8 Å². The standard InChI is InChI=1S/C21H20N4O2S2/c1-12-14(3)29-21(23-12)17(9-15-6-8-28-11-15)24-20(26)18-13(2)27-25-19(18)16-5-4-7-22-10-16/h4-8,10-11,17H,9H2,1-3H3,(H,24,26)/t17-/m1/s1. The number of thiophene rings is 1. The fourth-order valence-electron chi connectivity index (χ4n) is 3.06. The zero-order valence-electron chi connectivity index (χ0n) is 16.3. The van der Waals surface area contributed by atoms with Crippen molar-refractivity contribution in [1.82, 2.24) is 20.4 Å². The predicted molar refractivity (Wildman–Crippen MR) is 114 cm³/mol. The summed E-state index contributed by atoms with van der Waals surface area (Å²) in [5.41, 5.74) is 3.82. The SMILES string of the molecule is Cc1nc([C@@H](Cc2ccsc2)NC(=O)c2c(-c3cccnc3)noc2C)sc1C. The van der Waals surface area contributed by atoms with Crippen molar-refractivity contribution in [2.45, 2.75) is 33.2 Å². The minimum absolute atomic E-state index is 0.228. The molecule has 0 bridgehead atoms. The van der Waals surface area contributed by atoms with E-state index in [0.717, 1.165) is 21.1 Å². The molecule has 0 aromatic carbocycles. The van der Waals surface area contributed by atoms with Gasteiger partial charge >= 0.3 is 0 Å². The van der Waals surface area contributed by atoms with E-state index in [-0.39, 0.29) is 11.9 Å². The Morgan fingerprint density at radius 1 is 1.28 bits per heavy atom. The van der Waals surface area contributed by atoms with E-state index in [0.29, 0.717) is 23.4 Å². The van der Waals surface area contributed by atoms with Crippen molar-refractivity contribution in [3.63, 3.8) is 0 Å². The predicted octanol–water partition coefficient (Wildman–Crippen LogP) is 4.89. The summed E-state index contributed by atoms with van der Waals surface area (Å²) in [5.74, 6) is 0.246. The van der Waals surface area contributed by atoms with Crippen LogP contribution in [0.15, 0.2) is 45.9 Å². The van der Waals surface area contributed by atoms with Crippen LogP contribution in [-0.2, 0) is 6.42 Å². The van der Waals surface area contributed by atoms with Gasteiger partial charge < -0.3 is 9.84 Å². The molecule has 4 aromatic heterocycles. The molecule has 4 heterocycles. The molecule has 4 aromatic rings. The Morgan fingerprint density at radius 3 is 2.79 bits per heavy atom. The number of aromatic nitrogens is 3. The number of nitrogens with zero attached hydrogens (tertiary/aromatic N) is 3. The maximum atomic E-state index is 13.3. The molecule has 0 aliphatic heterocycles. The lowest BCUT2D eigenvalue weighted by molar-refractivity contribution is 0.0935. The van der Waals surface area contributed by atoms with Crippen molar-refractivity contribution >= 4 is 28.6 Å². The minimum Gasteiger partial charge on any atom is -0.360 e. The Labute approximate surface area is 176 Å². The van der Waals surface area contributed by atoms with Crippen LogP contribution in [0.3, 0.4) is 0 Å². The Balaban J connectivity index is 1.66. The first-order chi connectivity index (χ1) is 14.0. The molecule has 0 saturated heterocycles. The number of aryl methyl sites for hydroxylation is 3. The van der Waals surface area contributed by atoms with Crippen molar-refractivity contribution in [2.24, 2.45) is 0 Å². The van der Waals surface area contributed by atoms with Crippen molar-refractivity contribution in [2.75, 3.05) is 0 Å². The fourth-order valence-corrected chi connectivity index (χ4v) is 4.72. The molecule has 1 N–H and O–H groups in total.